The van der Waals surface area contributed by atoms with Gasteiger partial charge in [-0.3, -0.25) is 4.98 Å². The highest BCUT2D eigenvalue weighted by atomic mass is 35.5. The van der Waals surface area contributed by atoms with E-state index in [2.05, 4.69) is 25.8 Å². The van der Waals surface area contributed by atoms with Crippen molar-refractivity contribution in [3.05, 3.63) is 41.3 Å². The highest BCUT2D eigenvalue weighted by Crippen LogP contribution is 2.27. The summed E-state index contributed by atoms with van der Waals surface area (Å²) in [6, 6.07) is 6.59. The third-order valence-corrected chi connectivity index (χ3v) is 3.06. The van der Waals surface area contributed by atoms with Crippen LogP contribution in [0.3, 0.4) is 0 Å². The van der Waals surface area contributed by atoms with Gasteiger partial charge in [-0.2, -0.15) is 0 Å². The van der Waals surface area contributed by atoms with Crippen LogP contribution in [0.1, 0.15) is 32.0 Å². The maximum atomic E-state index is 13.2. The molecule has 0 unspecified atom stereocenters. The second kappa shape index (κ2) is 4.26. The van der Waals surface area contributed by atoms with Crippen LogP contribution in [-0.2, 0) is 11.3 Å². The molecule has 0 amide bonds. The summed E-state index contributed by atoms with van der Waals surface area (Å²) in [6.45, 7) is 6.30. The molecule has 0 atom stereocenters. The number of benzene rings is 1. The monoisotopic (exact) mass is 251 g/mol. The SMILES string of the molecule is CC(C)(C)c1cc(CCl)c2cc(F)ccc2n1. The Hall–Kier alpha value is -1.15. The van der Waals surface area contributed by atoms with Crippen molar-refractivity contribution in [3.8, 4) is 0 Å². The van der Waals surface area contributed by atoms with Gasteiger partial charge in [-0.15, -0.1) is 11.6 Å². The zero-order valence-electron chi connectivity index (χ0n) is 10.2. The van der Waals surface area contributed by atoms with Crippen LogP contribution in [-0.4, -0.2) is 4.98 Å². The Morgan fingerprint density at radius 3 is 2.53 bits per heavy atom. The number of hydrogen-bond donors (Lipinski definition) is 0. The molecule has 90 valence electrons. The predicted molar refractivity (Wildman–Crippen MR) is 70.0 cm³/mol. The quantitative estimate of drug-likeness (QED) is 0.684. The van der Waals surface area contributed by atoms with Crippen LogP contribution in [0.4, 0.5) is 4.39 Å². The molecule has 1 nitrogen and oxygen atoms in total. The molecule has 1 heterocycles. The maximum Gasteiger partial charge on any atom is 0.123 e. The lowest BCUT2D eigenvalue weighted by Crippen LogP contribution is -2.14. The zero-order chi connectivity index (χ0) is 12.6. The zero-order valence-corrected chi connectivity index (χ0v) is 11.0. The summed E-state index contributed by atoms with van der Waals surface area (Å²) in [6.07, 6.45) is 0. The Bertz CT molecular complexity index is 558. The fourth-order valence-electron chi connectivity index (χ4n) is 1.76. The molecular weight excluding hydrogens is 237 g/mol. The molecule has 0 aliphatic rings. The molecule has 1 aromatic heterocycles. The van der Waals surface area contributed by atoms with Crippen molar-refractivity contribution in [3.63, 3.8) is 0 Å². The molecular formula is C14H15ClFN. The normalized spacial score (nSPS) is 12.1. The van der Waals surface area contributed by atoms with Crippen molar-refractivity contribution >= 4 is 22.5 Å². The van der Waals surface area contributed by atoms with Gasteiger partial charge < -0.3 is 0 Å². The molecule has 0 spiro atoms. The number of aromatic nitrogens is 1. The number of alkyl halides is 1. The summed E-state index contributed by atoms with van der Waals surface area (Å²) in [4.78, 5) is 4.57. The molecule has 2 rings (SSSR count). The maximum absolute atomic E-state index is 13.2. The van der Waals surface area contributed by atoms with Crippen LogP contribution in [0.5, 0.6) is 0 Å². The minimum atomic E-state index is -0.255. The number of nitrogens with zero attached hydrogens (tertiary/aromatic N) is 1. The highest BCUT2D eigenvalue weighted by Gasteiger charge is 2.17. The van der Waals surface area contributed by atoms with Crippen molar-refractivity contribution < 1.29 is 4.39 Å². The van der Waals surface area contributed by atoms with Crippen LogP contribution < -0.4 is 0 Å². The second-order valence-corrected chi connectivity index (χ2v) is 5.48. The van der Waals surface area contributed by atoms with Crippen molar-refractivity contribution in [1.29, 1.82) is 0 Å². The van der Waals surface area contributed by atoms with E-state index in [1.54, 1.807) is 6.07 Å². The summed E-state index contributed by atoms with van der Waals surface area (Å²) >= 11 is 5.93. The lowest BCUT2D eigenvalue weighted by atomic mass is 9.90. The van der Waals surface area contributed by atoms with Gasteiger partial charge in [0.25, 0.3) is 0 Å². The summed E-state index contributed by atoms with van der Waals surface area (Å²) in [5.74, 6) is 0.111. The van der Waals surface area contributed by atoms with Crippen molar-refractivity contribution in [2.45, 2.75) is 32.1 Å². The number of fused-ring (bicyclic) bond motifs is 1. The van der Waals surface area contributed by atoms with E-state index in [4.69, 9.17) is 11.6 Å². The molecule has 0 radical (unpaired) electrons. The first-order valence-corrected chi connectivity index (χ1v) is 6.11. The van der Waals surface area contributed by atoms with E-state index >= 15 is 0 Å². The Morgan fingerprint density at radius 1 is 1.24 bits per heavy atom. The number of hydrogen-bond acceptors (Lipinski definition) is 1. The van der Waals surface area contributed by atoms with E-state index in [-0.39, 0.29) is 11.2 Å². The smallest absolute Gasteiger partial charge is 0.123 e. The Kier molecular flexibility index (Phi) is 3.09. The van der Waals surface area contributed by atoms with Crippen molar-refractivity contribution in [2.75, 3.05) is 0 Å². The van der Waals surface area contributed by atoms with Gasteiger partial charge in [-0.05, 0) is 29.8 Å². The molecule has 0 aliphatic carbocycles. The first-order valence-electron chi connectivity index (χ1n) is 5.57. The lowest BCUT2D eigenvalue weighted by Gasteiger charge is -2.19. The van der Waals surface area contributed by atoms with Crippen LogP contribution in [0.2, 0.25) is 0 Å². The van der Waals surface area contributed by atoms with Gasteiger partial charge in [-0.1, -0.05) is 20.8 Å². The van der Waals surface area contributed by atoms with Gasteiger partial charge in [0.05, 0.1) is 5.52 Å². The first kappa shape index (κ1) is 12.3. The molecule has 0 bridgehead atoms. The summed E-state index contributed by atoms with van der Waals surface area (Å²) in [5, 5.41) is 0.799. The summed E-state index contributed by atoms with van der Waals surface area (Å²) in [5.41, 5.74) is 2.67. The Labute approximate surface area is 106 Å². The van der Waals surface area contributed by atoms with E-state index in [0.717, 1.165) is 22.2 Å². The van der Waals surface area contributed by atoms with Crippen LogP contribution >= 0.6 is 11.6 Å². The topological polar surface area (TPSA) is 12.9 Å². The fourth-order valence-corrected chi connectivity index (χ4v) is 1.98. The van der Waals surface area contributed by atoms with Crippen LogP contribution in [0.15, 0.2) is 24.3 Å². The fraction of sp³-hybridized carbons (Fsp3) is 0.357. The van der Waals surface area contributed by atoms with Gasteiger partial charge >= 0.3 is 0 Å². The van der Waals surface area contributed by atoms with Gasteiger partial charge in [-0.25, -0.2) is 4.39 Å². The lowest BCUT2D eigenvalue weighted by molar-refractivity contribution is 0.571. The summed E-state index contributed by atoms with van der Waals surface area (Å²) < 4.78 is 13.2. The Morgan fingerprint density at radius 2 is 1.94 bits per heavy atom. The van der Waals surface area contributed by atoms with Crippen LogP contribution in [0.25, 0.3) is 10.9 Å². The van der Waals surface area contributed by atoms with E-state index in [1.165, 1.54) is 12.1 Å². The number of rotatable bonds is 1. The highest BCUT2D eigenvalue weighted by molar-refractivity contribution is 6.18. The van der Waals surface area contributed by atoms with Gasteiger partial charge in [0.15, 0.2) is 0 Å². The minimum absolute atomic E-state index is 0.0383. The van der Waals surface area contributed by atoms with Gasteiger partial charge in [0.2, 0.25) is 0 Å². The molecule has 1 aromatic carbocycles. The van der Waals surface area contributed by atoms with Crippen molar-refractivity contribution in [1.82, 2.24) is 4.98 Å². The first-order chi connectivity index (χ1) is 7.91. The van der Waals surface area contributed by atoms with E-state index < -0.39 is 0 Å². The van der Waals surface area contributed by atoms with E-state index in [0.29, 0.717) is 5.88 Å². The third-order valence-electron chi connectivity index (χ3n) is 2.77. The van der Waals surface area contributed by atoms with E-state index in [9.17, 15) is 4.39 Å². The average Bonchev–Trinajstić information content (AvgIpc) is 2.26. The summed E-state index contributed by atoms with van der Waals surface area (Å²) in [7, 11) is 0. The second-order valence-electron chi connectivity index (χ2n) is 5.21. The minimum Gasteiger partial charge on any atom is -0.252 e. The number of halogens is 2. The predicted octanol–water partition coefficient (Wildman–Crippen LogP) is 4.41. The molecule has 17 heavy (non-hydrogen) atoms. The number of pyridine rings is 1. The van der Waals surface area contributed by atoms with Crippen molar-refractivity contribution in [2.24, 2.45) is 0 Å². The molecule has 0 saturated carbocycles. The third kappa shape index (κ3) is 2.42. The average molecular weight is 252 g/mol. The van der Waals surface area contributed by atoms with E-state index in [1.807, 2.05) is 6.07 Å². The molecule has 0 aliphatic heterocycles. The van der Waals surface area contributed by atoms with Crippen LogP contribution in [0, 0.1) is 5.82 Å². The molecule has 0 saturated heterocycles. The molecule has 0 fully saturated rings. The molecule has 0 N–H and O–H groups in total. The Balaban J connectivity index is 2.75. The molecule has 2 aromatic rings. The standard InChI is InChI=1S/C14H15ClFN/c1-14(2,3)13-6-9(8-15)11-7-10(16)4-5-12(11)17-13/h4-7H,8H2,1-3H3. The van der Waals surface area contributed by atoms with Gasteiger partial charge in [0, 0.05) is 22.4 Å². The molecule has 3 heteroatoms. The van der Waals surface area contributed by atoms with Gasteiger partial charge in [0.1, 0.15) is 5.82 Å². The largest absolute Gasteiger partial charge is 0.252 e.